The van der Waals surface area contributed by atoms with E-state index < -0.39 is 0 Å². The van der Waals surface area contributed by atoms with E-state index in [2.05, 4.69) is 48.1 Å². The molecule has 1 aromatic carbocycles. The number of benzene rings is 1. The molecule has 4 heteroatoms. The van der Waals surface area contributed by atoms with Gasteiger partial charge in [-0.25, -0.2) is 0 Å². The van der Waals surface area contributed by atoms with E-state index in [1.165, 1.54) is 5.39 Å². The number of rotatable bonds is 1. The Morgan fingerprint density at radius 1 is 1.23 bits per heavy atom. The van der Waals surface area contributed by atoms with Gasteiger partial charge in [-0.2, -0.15) is 0 Å². The van der Waals surface area contributed by atoms with Crippen LogP contribution in [0.4, 0.5) is 5.82 Å². The molecule has 0 saturated heterocycles. The van der Waals surface area contributed by atoms with E-state index in [4.69, 9.17) is 0 Å². The van der Waals surface area contributed by atoms with Crippen molar-refractivity contribution in [3.63, 3.8) is 0 Å². The molecule has 0 bridgehead atoms. The summed E-state index contributed by atoms with van der Waals surface area (Å²) in [5.74, 6) is 0.869. The first-order valence-electron chi connectivity index (χ1n) is 3.76. The number of para-hydroxylation sites is 1. The molecule has 0 spiro atoms. The minimum atomic E-state index is 0.812. The van der Waals surface area contributed by atoms with Crippen LogP contribution >= 0.6 is 0 Å². The van der Waals surface area contributed by atoms with E-state index in [0.717, 1.165) is 14.8 Å². The summed E-state index contributed by atoms with van der Waals surface area (Å²) >= 11 is 5.61. The van der Waals surface area contributed by atoms with E-state index in [0.29, 0.717) is 0 Å². The first-order valence-corrected chi connectivity index (χ1v) is 5.47. The van der Waals surface area contributed by atoms with Gasteiger partial charge in [0, 0.05) is 0 Å². The fraction of sp³-hybridized carbons (Fsp3) is 0. The summed E-state index contributed by atoms with van der Waals surface area (Å²) < 4.78 is 0.812. The number of aromatic amines is 1. The number of H-pyrrole nitrogens is 1. The summed E-state index contributed by atoms with van der Waals surface area (Å²) in [5.41, 5.74) is 1.11. The maximum absolute atomic E-state index is 4.25. The second-order valence-electron chi connectivity index (χ2n) is 2.62. The molecule has 0 aliphatic heterocycles. The van der Waals surface area contributed by atoms with Crippen LogP contribution in [0.15, 0.2) is 35.3 Å². The van der Waals surface area contributed by atoms with Gasteiger partial charge in [0.1, 0.15) is 0 Å². The van der Waals surface area contributed by atoms with Crippen molar-refractivity contribution in [3.8, 4) is 0 Å². The monoisotopic (exact) mass is 302 g/mol. The Hall–Kier alpha value is -0.531. The van der Waals surface area contributed by atoms with Crippen molar-refractivity contribution in [1.29, 1.82) is 0 Å². The summed E-state index contributed by atoms with van der Waals surface area (Å²) in [4.78, 5) is 7.45. The van der Waals surface area contributed by atoms with Gasteiger partial charge in [-0.3, -0.25) is 0 Å². The summed E-state index contributed by atoms with van der Waals surface area (Å²) in [6.45, 7) is 0. The first kappa shape index (κ1) is 9.04. The molecule has 0 unspecified atom stereocenters. The van der Waals surface area contributed by atoms with E-state index in [1.54, 1.807) is 0 Å². The molecule has 1 N–H and O–H groups in total. The number of aliphatic imine (C=N–C) groups is 1. The molecule has 1 aromatic heterocycles. The third kappa shape index (κ3) is 2.04. The minimum absolute atomic E-state index is 0.812. The van der Waals surface area contributed by atoms with Gasteiger partial charge in [-0.1, -0.05) is 0 Å². The van der Waals surface area contributed by atoms with Crippen LogP contribution < -0.4 is 0 Å². The number of nitrogens with zero attached hydrogens (tertiary/aromatic N) is 1. The molecule has 0 saturated carbocycles. The fourth-order valence-corrected chi connectivity index (χ4v) is 1.63. The Bertz CT molecular complexity index is 422. The van der Waals surface area contributed by atoms with Gasteiger partial charge in [0.25, 0.3) is 0 Å². The average molecular weight is 300 g/mol. The van der Waals surface area contributed by atoms with Crippen LogP contribution in [0.1, 0.15) is 0 Å². The van der Waals surface area contributed by atoms with E-state index in [1.807, 2.05) is 24.3 Å². The van der Waals surface area contributed by atoms with Crippen molar-refractivity contribution < 1.29 is 0 Å². The Labute approximate surface area is 92.5 Å². The van der Waals surface area contributed by atoms with Gasteiger partial charge >= 0.3 is 92.6 Å². The predicted molar refractivity (Wildman–Crippen MR) is 56.9 cm³/mol. The molecule has 13 heavy (non-hydrogen) atoms. The van der Waals surface area contributed by atoms with Crippen LogP contribution in [0, 0.1) is 0 Å². The van der Waals surface area contributed by atoms with Crippen molar-refractivity contribution in [3.05, 3.63) is 30.3 Å². The number of nitrogens with one attached hydrogen (secondary N) is 1. The molecule has 2 rings (SSSR count). The zero-order valence-electron chi connectivity index (χ0n) is 6.65. The normalized spacial score (nSPS) is 10.2. The Balaban J connectivity index is 2.56. The van der Waals surface area contributed by atoms with Gasteiger partial charge < -0.3 is 0 Å². The number of fused-ring (bicyclic) bond motifs is 1. The molecule has 2 nitrogen and oxygen atoms in total. The van der Waals surface area contributed by atoms with Crippen LogP contribution in [-0.2, 0) is 0 Å². The molecule has 0 aliphatic rings. The second kappa shape index (κ2) is 3.69. The molecular weight excluding hydrogens is 294 g/mol. The summed E-state index contributed by atoms with van der Waals surface area (Å²) in [6.07, 6.45) is 0. The SMILES string of the molecule is [Se]C([Se])=Nc1cc2ccccc2[nH]1. The Morgan fingerprint density at radius 3 is 2.69 bits per heavy atom. The number of hydrogen-bond donors (Lipinski definition) is 1. The number of aromatic nitrogens is 1. The summed E-state index contributed by atoms with van der Waals surface area (Å²) in [5, 5.41) is 1.18. The molecule has 0 aliphatic carbocycles. The standard InChI is InChI=1S/C9H6N2Se2/c12-9(13)11-8-5-6-3-1-2-4-7(6)10-8/h1-5,10H. The topological polar surface area (TPSA) is 28.1 Å². The van der Waals surface area contributed by atoms with Gasteiger partial charge in [0.05, 0.1) is 0 Å². The van der Waals surface area contributed by atoms with Crippen molar-refractivity contribution in [2.45, 2.75) is 0 Å². The van der Waals surface area contributed by atoms with Crippen LogP contribution in [-0.4, -0.2) is 40.5 Å². The Morgan fingerprint density at radius 2 is 2.00 bits per heavy atom. The van der Waals surface area contributed by atoms with Gasteiger partial charge in [-0.05, 0) is 0 Å². The van der Waals surface area contributed by atoms with Crippen molar-refractivity contribution >= 4 is 52.3 Å². The fourth-order valence-electron chi connectivity index (χ4n) is 1.22. The van der Waals surface area contributed by atoms with Gasteiger partial charge in [0.2, 0.25) is 0 Å². The molecule has 0 amide bonds. The second-order valence-corrected chi connectivity index (χ2v) is 5.55. The van der Waals surface area contributed by atoms with E-state index in [9.17, 15) is 0 Å². The number of hydrogen-bond acceptors (Lipinski definition) is 1. The zero-order chi connectivity index (χ0) is 9.26. The average Bonchev–Trinajstić information content (AvgIpc) is 2.44. The zero-order valence-corrected chi connectivity index (χ0v) is 10.1. The maximum atomic E-state index is 4.25. The molecule has 0 atom stereocenters. The third-order valence-electron chi connectivity index (χ3n) is 1.73. The predicted octanol–water partition coefficient (Wildman–Crippen LogP) is 1.49. The van der Waals surface area contributed by atoms with Gasteiger partial charge in [0.15, 0.2) is 0 Å². The van der Waals surface area contributed by atoms with E-state index in [-0.39, 0.29) is 0 Å². The van der Waals surface area contributed by atoms with Crippen LogP contribution in [0.3, 0.4) is 0 Å². The molecule has 1 heterocycles. The van der Waals surface area contributed by atoms with Crippen molar-refractivity contribution in [1.82, 2.24) is 4.98 Å². The van der Waals surface area contributed by atoms with Crippen LogP contribution in [0.25, 0.3) is 10.9 Å². The van der Waals surface area contributed by atoms with Crippen molar-refractivity contribution in [2.24, 2.45) is 4.99 Å². The summed E-state index contributed by atoms with van der Waals surface area (Å²) in [6, 6.07) is 10.1. The first-order chi connectivity index (χ1) is 6.25. The van der Waals surface area contributed by atoms with Crippen molar-refractivity contribution in [2.75, 3.05) is 0 Å². The Kier molecular flexibility index (Phi) is 2.56. The molecule has 2 radical (unpaired) electrons. The quantitative estimate of drug-likeness (QED) is 0.611. The van der Waals surface area contributed by atoms with Crippen LogP contribution in [0.5, 0.6) is 0 Å². The molecule has 0 fully saturated rings. The molecule has 2 aromatic rings. The van der Waals surface area contributed by atoms with E-state index >= 15 is 0 Å². The van der Waals surface area contributed by atoms with Crippen LogP contribution in [0.2, 0.25) is 0 Å². The molecular formula is C9H6N2Se2. The third-order valence-corrected chi connectivity index (χ3v) is 2.11. The molecule has 64 valence electrons. The van der Waals surface area contributed by atoms with Gasteiger partial charge in [-0.15, -0.1) is 0 Å². The summed E-state index contributed by atoms with van der Waals surface area (Å²) in [7, 11) is 0.